The first kappa shape index (κ1) is 22.8. The van der Waals surface area contributed by atoms with Gasteiger partial charge in [-0.1, -0.05) is 0 Å². The normalized spacial score (nSPS) is 13.3. The van der Waals surface area contributed by atoms with Crippen LogP contribution in [0.4, 0.5) is 24.5 Å². The number of rotatable bonds is 7. The Morgan fingerprint density at radius 2 is 1.77 bits per heavy atom. The number of alkyl halides is 3. The molecule has 1 atom stereocenters. The fraction of sp³-hybridized carbons (Fsp3) is 0.263. The number of nitro benzene ring substituents is 1. The van der Waals surface area contributed by atoms with E-state index in [1.807, 2.05) is 0 Å². The van der Waals surface area contributed by atoms with Gasteiger partial charge in [-0.05, 0) is 50.2 Å². The van der Waals surface area contributed by atoms with Gasteiger partial charge in [-0.25, -0.2) is 0 Å². The second kappa shape index (κ2) is 8.49. The van der Waals surface area contributed by atoms with Crippen molar-refractivity contribution >= 4 is 23.1 Å². The number of carbonyl (C=O) groups is 2. The first-order valence-corrected chi connectivity index (χ1v) is 8.44. The Labute approximate surface area is 168 Å². The number of ketones is 1. The van der Waals surface area contributed by atoms with E-state index in [0.717, 1.165) is 13.0 Å². The second-order valence-electron chi connectivity index (χ2n) is 6.58. The molecule has 0 unspecified atom stereocenters. The minimum atomic E-state index is -5.01. The number of hydrogen-bond acceptors (Lipinski definition) is 6. The Kier molecular flexibility index (Phi) is 6.46. The number of aliphatic hydroxyl groups is 1. The molecule has 8 nitrogen and oxygen atoms in total. The van der Waals surface area contributed by atoms with Gasteiger partial charge in [0.2, 0.25) is 0 Å². The van der Waals surface area contributed by atoms with Crippen LogP contribution in [0.15, 0.2) is 42.5 Å². The van der Waals surface area contributed by atoms with Crippen LogP contribution in [-0.2, 0) is 11.0 Å². The smallest absolute Gasteiger partial charge is 0.423 e. The van der Waals surface area contributed by atoms with Gasteiger partial charge in [-0.2, -0.15) is 13.2 Å². The lowest BCUT2D eigenvalue weighted by molar-refractivity contribution is -0.388. The molecular formula is C19H17F3N2O6. The summed E-state index contributed by atoms with van der Waals surface area (Å²) in [6, 6.07) is 7.83. The van der Waals surface area contributed by atoms with Gasteiger partial charge in [0.25, 0.3) is 11.6 Å². The molecule has 0 radical (unpaired) electrons. The van der Waals surface area contributed by atoms with Crippen LogP contribution in [0.3, 0.4) is 0 Å². The summed E-state index contributed by atoms with van der Waals surface area (Å²) in [5, 5.41) is 23.2. The van der Waals surface area contributed by atoms with Crippen LogP contribution in [0.25, 0.3) is 0 Å². The molecule has 0 aliphatic rings. The van der Waals surface area contributed by atoms with E-state index in [9.17, 15) is 38.0 Å². The SMILES string of the molecule is CC(=O)c1ccc(OC[C@@](C)(O)C(=O)Nc2ccc([N+](=O)[O-])c(C(F)(F)F)c2)cc1. The van der Waals surface area contributed by atoms with Gasteiger partial charge in [-0.15, -0.1) is 0 Å². The van der Waals surface area contributed by atoms with E-state index in [2.05, 4.69) is 5.32 Å². The van der Waals surface area contributed by atoms with E-state index in [1.165, 1.54) is 31.2 Å². The highest BCUT2D eigenvalue weighted by molar-refractivity contribution is 5.97. The molecule has 0 fully saturated rings. The lowest BCUT2D eigenvalue weighted by Gasteiger charge is -2.23. The number of nitrogens with one attached hydrogen (secondary N) is 1. The third-order valence-corrected chi connectivity index (χ3v) is 4.03. The maximum absolute atomic E-state index is 13.0. The third kappa shape index (κ3) is 5.54. The largest absolute Gasteiger partial charge is 0.490 e. The first-order valence-electron chi connectivity index (χ1n) is 8.44. The Morgan fingerprint density at radius 3 is 2.27 bits per heavy atom. The number of ether oxygens (including phenoxy) is 1. The molecule has 30 heavy (non-hydrogen) atoms. The number of nitro groups is 1. The molecule has 0 bridgehead atoms. The first-order chi connectivity index (χ1) is 13.8. The summed E-state index contributed by atoms with van der Waals surface area (Å²) in [6.07, 6.45) is -5.01. The van der Waals surface area contributed by atoms with Gasteiger partial charge in [0, 0.05) is 17.3 Å². The Morgan fingerprint density at radius 1 is 1.17 bits per heavy atom. The number of Topliss-reactive ketones (excluding diaryl/α,β-unsaturated/α-hetero) is 1. The van der Waals surface area contributed by atoms with Crippen LogP contribution in [0.5, 0.6) is 5.75 Å². The number of carbonyl (C=O) groups excluding carboxylic acids is 2. The number of nitrogens with zero attached hydrogens (tertiary/aromatic N) is 1. The van der Waals surface area contributed by atoms with Crippen molar-refractivity contribution in [3.05, 3.63) is 63.7 Å². The topological polar surface area (TPSA) is 119 Å². The molecule has 2 N–H and O–H groups in total. The van der Waals surface area contributed by atoms with Crippen LogP contribution >= 0.6 is 0 Å². The van der Waals surface area contributed by atoms with Crippen molar-refractivity contribution < 1.29 is 37.5 Å². The van der Waals surface area contributed by atoms with Gasteiger partial charge >= 0.3 is 6.18 Å². The minimum Gasteiger partial charge on any atom is -0.490 e. The number of amides is 1. The maximum Gasteiger partial charge on any atom is 0.423 e. The highest BCUT2D eigenvalue weighted by Gasteiger charge is 2.39. The summed E-state index contributed by atoms with van der Waals surface area (Å²) in [4.78, 5) is 33.1. The standard InChI is InChI=1S/C19H17F3N2O6/c1-11(25)12-3-6-14(7-4-12)30-10-18(2,27)17(26)23-13-5-8-16(24(28)29)15(9-13)19(20,21)22/h3-9,27H,10H2,1-2H3,(H,23,26)/t18-/m1/s1. The molecule has 0 aromatic heterocycles. The monoisotopic (exact) mass is 426 g/mol. The molecule has 1 amide bonds. The molecule has 2 rings (SSSR count). The zero-order valence-corrected chi connectivity index (χ0v) is 15.8. The summed E-state index contributed by atoms with van der Waals surface area (Å²) in [7, 11) is 0. The molecule has 2 aromatic carbocycles. The van der Waals surface area contributed by atoms with Gasteiger partial charge in [0.1, 0.15) is 17.9 Å². The van der Waals surface area contributed by atoms with E-state index < -0.39 is 40.5 Å². The van der Waals surface area contributed by atoms with E-state index in [-0.39, 0.29) is 17.2 Å². The van der Waals surface area contributed by atoms with Crippen LogP contribution in [0.2, 0.25) is 0 Å². The summed E-state index contributed by atoms with van der Waals surface area (Å²) in [5.41, 5.74) is -4.79. The van der Waals surface area contributed by atoms with Gasteiger partial charge in [0.15, 0.2) is 11.4 Å². The Balaban J connectivity index is 2.12. The lowest BCUT2D eigenvalue weighted by Crippen LogP contribution is -2.45. The zero-order chi connectivity index (χ0) is 22.7. The molecule has 0 spiro atoms. The quantitative estimate of drug-likeness (QED) is 0.397. The average molecular weight is 426 g/mol. The highest BCUT2D eigenvalue weighted by atomic mass is 19.4. The van der Waals surface area contributed by atoms with Crippen molar-refractivity contribution in [1.29, 1.82) is 0 Å². The fourth-order valence-electron chi connectivity index (χ4n) is 2.34. The van der Waals surface area contributed by atoms with Crippen LogP contribution in [0.1, 0.15) is 29.8 Å². The minimum absolute atomic E-state index is 0.158. The zero-order valence-electron chi connectivity index (χ0n) is 15.8. The van der Waals surface area contributed by atoms with E-state index in [4.69, 9.17) is 4.74 Å². The third-order valence-electron chi connectivity index (χ3n) is 4.03. The van der Waals surface area contributed by atoms with Crippen LogP contribution in [-0.4, -0.2) is 33.9 Å². The lowest BCUT2D eigenvalue weighted by atomic mass is 10.1. The van der Waals surface area contributed by atoms with Gasteiger partial charge in [0.05, 0.1) is 4.92 Å². The number of hydrogen-bond donors (Lipinski definition) is 2. The van der Waals surface area contributed by atoms with Crippen molar-refractivity contribution in [2.45, 2.75) is 25.6 Å². The molecule has 160 valence electrons. The van der Waals surface area contributed by atoms with Gasteiger partial charge in [-0.3, -0.25) is 19.7 Å². The molecule has 0 heterocycles. The van der Waals surface area contributed by atoms with Crippen molar-refractivity contribution in [3.8, 4) is 5.75 Å². The molecule has 0 saturated carbocycles. The number of benzene rings is 2. The van der Waals surface area contributed by atoms with Crippen molar-refractivity contribution in [2.24, 2.45) is 0 Å². The number of anilines is 1. The Bertz CT molecular complexity index is 971. The summed E-state index contributed by atoms with van der Waals surface area (Å²) in [5.74, 6) is -0.984. The van der Waals surface area contributed by atoms with E-state index >= 15 is 0 Å². The van der Waals surface area contributed by atoms with E-state index in [0.29, 0.717) is 17.7 Å². The maximum atomic E-state index is 13.0. The molecule has 2 aromatic rings. The molecule has 11 heteroatoms. The molecule has 0 aliphatic carbocycles. The fourth-order valence-corrected chi connectivity index (χ4v) is 2.34. The van der Waals surface area contributed by atoms with Crippen molar-refractivity contribution in [3.63, 3.8) is 0 Å². The molecule has 0 saturated heterocycles. The Hall–Kier alpha value is -3.47. The van der Waals surface area contributed by atoms with Crippen LogP contribution in [0, 0.1) is 10.1 Å². The summed E-state index contributed by atoms with van der Waals surface area (Å²) in [6.45, 7) is 1.92. The summed E-state index contributed by atoms with van der Waals surface area (Å²) < 4.78 is 44.4. The van der Waals surface area contributed by atoms with Crippen LogP contribution < -0.4 is 10.1 Å². The highest BCUT2D eigenvalue weighted by Crippen LogP contribution is 2.37. The van der Waals surface area contributed by atoms with Crippen molar-refractivity contribution in [1.82, 2.24) is 0 Å². The molecule has 0 aliphatic heterocycles. The second-order valence-corrected chi connectivity index (χ2v) is 6.58. The summed E-state index contributed by atoms with van der Waals surface area (Å²) >= 11 is 0. The number of halogens is 3. The molecular weight excluding hydrogens is 409 g/mol. The average Bonchev–Trinajstić information content (AvgIpc) is 2.65. The van der Waals surface area contributed by atoms with E-state index in [1.54, 1.807) is 0 Å². The predicted octanol–water partition coefficient (Wildman–Crippen LogP) is 3.58. The predicted molar refractivity (Wildman–Crippen MR) is 99.3 cm³/mol. The van der Waals surface area contributed by atoms with Crippen molar-refractivity contribution in [2.75, 3.05) is 11.9 Å². The van der Waals surface area contributed by atoms with Gasteiger partial charge < -0.3 is 15.2 Å².